The summed E-state index contributed by atoms with van der Waals surface area (Å²) in [5.41, 5.74) is 0. The van der Waals surface area contributed by atoms with Gasteiger partial charge in [0.1, 0.15) is 0 Å². The van der Waals surface area contributed by atoms with Gasteiger partial charge in [-0.15, -0.1) is 0 Å². The third-order valence-electron chi connectivity index (χ3n) is 2.00. The van der Waals surface area contributed by atoms with E-state index in [1.54, 1.807) is 0 Å². The van der Waals surface area contributed by atoms with E-state index in [1.807, 2.05) is 0 Å². The number of nitrogens with one attached hydrogen (secondary N) is 2. The molecule has 0 unspecified atom stereocenters. The molecule has 80 valence electrons. The molecule has 1 heterocycles. The Kier molecular flexibility index (Phi) is 4.34. The summed E-state index contributed by atoms with van der Waals surface area (Å²) >= 11 is 0. The van der Waals surface area contributed by atoms with Crippen LogP contribution in [0.5, 0.6) is 0 Å². The lowest BCUT2D eigenvalue weighted by atomic mass is 10.3. The second-order valence-electron chi connectivity index (χ2n) is 3.02. The van der Waals surface area contributed by atoms with Crippen LogP contribution in [-0.2, 0) is 9.59 Å². The highest BCUT2D eigenvalue weighted by molar-refractivity contribution is 6.35. The van der Waals surface area contributed by atoms with Crippen LogP contribution in [0.1, 0.15) is 0 Å². The molecular formula is C8H15N3O3. The van der Waals surface area contributed by atoms with E-state index in [2.05, 4.69) is 10.6 Å². The number of hydrogen-bond donors (Lipinski definition) is 3. The van der Waals surface area contributed by atoms with E-state index < -0.39 is 11.8 Å². The Balaban J connectivity index is 2.34. The maximum absolute atomic E-state index is 11.4. The summed E-state index contributed by atoms with van der Waals surface area (Å²) in [6.45, 7) is 2.53. The Bertz CT molecular complexity index is 214. The number of piperazine rings is 1. The van der Waals surface area contributed by atoms with Crippen LogP contribution in [0.3, 0.4) is 0 Å². The van der Waals surface area contributed by atoms with Gasteiger partial charge in [0.25, 0.3) is 0 Å². The van der Waals surface area contributed by atoms with Gasteiger partial charge in [-0.3, -0.25) is 9.59 Å². The minimum atomic E-state index is -0.638. The fraction of sp³-hybridized carbons (Fsp3) is 0.750. The van der Waals surface area contributed by atoms with E-state index in [4.69, 9.17) is 5.11 Å². The van der Waals surface area contributed by atoms with Crippen molar-refractivity contribution in [1.82, 2.24) is 15.5 Å². The molecule has 0 aromatic rings. The number of carbonyl (C=O) groups excluding carboxylic acids is 2. The molecule has 0 saturated carbocycles. The molecule has 6 nitrogen and oxygen atoms in total. The van der Waals surface area contributed by atoms with Crippen LogP contribution in [-0.4, -0.2) is 61.2 Å². The monoisotopic (exact) mass is 201 g/mol. The summed E-state index contributed by atoms with van der Waals surface area (Å²) in [5, 5.41) is 13.9. The van der Waals surface area contributed by atoms with Crippen molar-refractivity contribution >= 4 is 11.8 Å². The minimum Gasteiger partial charge on any atom is -0.395 e. The predicted molar refractivity (Wildman–Crippen MR) is 49.5 cm³/mol. The van der Waals surface area contributed by atoms with Crippen LogP contribution in [0.15, 0.2) is 0 Å². The molecule has 1 aliphatic heterocycles. The highest BCUT2D eigenvalue weighted by Crippen LogP contribution is 1.92. The third kappa shape index (κ3) is 2.97. The van der Waals surface area contributed by atoms with Crippen molar-refractivity contribution in [2.45, 2.75) is 0 Å². The Morgan fingerprint density at radius 2 is 2.00 bits per heavy atom. The number of aliphatic hydroxyl groups is 1. The predicted octanol–water partition coefficient (Wildman–Crippen LogP) is -2.47. The highest BCUT2D eigenvalue weighted by atomic mass is 16.3. The van der Waals surface area contributed by atoms with Gasteiger partial charge in [-0.25, -0.2) is 0 Å². The second kappa shape index (κ2) is 5.56. The molecule has 0 radical (unpaired) electrons. The van der Waals surface area contributed by atoms with Gasteiger partial charge >= 0.3 is 11.8 Å². The van der Waals surface area contributed by atoms with E-state index >= 15 is 0 Å². The van der Waals surface area contributed by atoms with Crippen LogP contribution in [0.4, 0.5) is 0 Å². The van der Waals surface area contributed by atoms with Gasteiger partial charge in [0.05, 0.1) is 6.61 Å². The maximum atomic E-state index is 11.4. The number of nitrogens with zero attached hydrogens (tertiary/aromatic N) is 1. The molecule has 0 atom stereocenters. The van der Waals surface area contributed by atoms with Gasteiger partial charge in [0.2, 0.25) is 0 Å². The Morgan fingerprint density at radius 1 is 1.36 bits per heavy atom. The molecule has 14 heavy (non-hydrogen) atoms. The Morgan fingerprint density at radius 3 is 2.57 bits per heavy atom. The van der Waals surface area contributed by atoms with Crippen molar-refractivity contribution in [3.05, 3.63) is 0 Å². The zero-order valence-electron chi connectivity index (χ0n) is 7.95. The molecule has 0 bridgehead atoms. The van der Waals surface area contributed by atoms with Crippen LogP contribution in [0, 0.1) is 0 Å². The van der Waals surface area contributed by atoms with E-state index in [1.165, 1.54) is 4.90 Å². The molecule has 1 saturated heterocycles. The normalized spacial score (nSPS) is 16.5. The zero-order valence-corrected chi connectivity index (χ0v) is 7.95. The maximum Gasteiger partial charge on any atom is 0.311 e. The quantitative estimate of drug-likeness (QED) is 0.432. The Labute approximate surface area is 82.3 Å². The first-order valence-electron chi connectivity index (χ1n) is 4.64. The lowest BCUT2D eigenvalue weighted by molar-refractivity contribution is -0.146. The molecule has 1 rings (SSSR count). The van der Waals surface area contributed by atoms with Crippen molar-refractivity contribution < 1.29 is 14.7 Å². The second-order valence-corrected chi connectivity index (χ2v) is 3.02. The largest absolute Gasteiger partial charge is 0.395 e. The van der Waals surface area contributed by atoms with Gasteiger partial charge in [-0.2, -0.15) is 0 Å². The summed E-state index contributed by atoms with van der Waals surface area (Å²) in [4.78, 5) is 24.1. The van der Waals surface area contributed by atoms with Gasteiger partial charge < -0.3 is 20.6 Å². The molecular weight excluding hydrogens is 186 g/mol. The van der Waals surface area contributed by atoms with Gasteiger partial charge in [-0.1, -0.05) is 0 Å². The van der Waals surface area contributed by atoms with E-state index in [9.17, 15) is 9.59 Å². The van der Waals surface area contributed by atoms with Gasteiger partial charge in [0, 0.05) is 32.7 Å². The summed E-state index contributed by atoms with van der Waals surface area (Å²) in [5.74, 6) is -1.15. The van der Waals surface area contributed by atoms with E-state index in [0.29, 0.717) is 13.1 Å². The van der Waals surface area contributed by atoms with E-state index in [0.717, 1.165) is 13.1 Å². The average molecular weight is 201 g/mol. The van der Waals surface area contributed by atoms with E-state index in [-0.39, 0.29) is 13.2 Å². The fourth-order valence-corrected chi connectivity index (χ4v) is 1.26. The lowest BCUT2D eigenvalue weighted by Crippen LogP contribution is -2.51. The summed E-state index contributed by atoms with van der Waals surface area (Å²) in [7, 11) is 0. The van der Waals surface area contributed by atoms with Gasteiger partial charge in [0.15, 0.2) is 0 Å². The van der Waals surface area contributed by atoms with Crippen molar-refractivity contribution in [2.24, 2.45) is 0 Å². The van der Waals surface area contributed by atoms with Crippen molar-refractivity contribution in [2.75, 3.05) is 39.3 Å². The Hall–Kier alpha value is -1.14. The van der Waals surface area contributed by atoms with Crippen LogP contribution >= 0.6 is 0 Å². The zero-order chi connectivity index (χ0) is 10.4. The molecule has 1 aliphatic rings. The minimum absolute atomic E-state index is 0.122. The number of carbonyl (C=O) groups is 2. The topological polar surface area (TPSA) is 81.7 Å². The third-order valence-corrected chi connectivity index (χ3v) is 2.00. The highest BCUT2D eigenvalue weighted by Gasteiger charge is 2.22. The summed E-state index contributed by atoms with van der Waals surface area (Å²) in [6.07, 6.45) is 0. The van der Waals surface area contributed by atoms with Crippen molar-refractivity contribution in [3.8, 4) is 0 Å². The van der Waals surface area contributed by atoms with Crippen molar-refractivity contribution in [3.63, 3.8) is 0 Å². The SMILES string of the molecule is O=C(NCCO)C(=O)N1CCNCC1. The number of rotatable bonds is 2. The smallest absolute Gasteiger partial charge is 0.311 e. The van der Waals surface area contributed by atoms with Crippen molar-refractivity contribution in [1.29, 1.82) is 0 Å². The summed E-state index contributed by atoms with van der Waals surface area (Å²) in [6, 6.07) is 0. The first kappa shape index (κ1) is 10.9. The molecule has 6 heteroatoms. The van der Waals surface area contributed by atoms with Crippen LogP contribution < -0.4 is 10.6 Å². The first-order chi connectivity index (χ1) is 6.75. The standard InChI is InChI=1S/C8H15N3O3/c12-6-3-10-7(13)8(14)11-4-1-9-2-5-11/h9,12H,1-6H2,(H,10,13). The molecule has 0 aromatic carbocycles. The molecule has 2 amide bonds. The lowest BCUT2D eigenvalue weighted by Gasteiger charge is -2.26. The molecule has 1 fully saturated rings. The van der Waals surface area contributed by atoms with Crippen LogP contribution in [0.25, 0.3) is 0 Å². The average Bonchev–Trinajstić information content (AvgIpc) is 2.26. The number of amides is 2. The first-order valence-corrected chi connectivity index (χ1v) is 4.64. The number of hydrogen-bond acceptors (Lipinski definition) is 4. The molecule has 0 aromatic heterocycles. The molecule has 0 spiro atoms. The fourth-order valence-electron chi connectivity index (χ4n) is 1.26. The molecule has 3 N–H and O–H groups in total. The van der Waals surface area contributed by atoms with Crippen LogP contribution in [0.2, 0.25) is 0 Å². The molecule has 0 aliphatic carbocycles. The number of aliphatic hydroxyl groups excluding tert-OH is 1. The van der Waals surface area contributed by atoms with Gasteiger partial charge in [-0.05, 0) is 0 Å². The summed E-state index contributed by atoms with van der Waals surface area (Å²) < 4.78 is 0.